The summed E-state index contributed by atoms with van der Waals surface area (Å²) < 4.78 is 0. The van der Waals surface area contributed by atoms with Crippen molar-refractivity contribution in [3.63, 3.8) is 0 Å². The molecule has 2 rings (SSSR count). The number of rotatable bonds is 2. The van der Waals surface area contributed by atoms with Crippen molar-refractivity contribution in [1.82, 2.24) is 4.90 Å². The maximum atomic E-state index is 4.43. The highest BCUT2D eigenvalue weighted by Crippen LogP contribution is 2.36. The van der Waals surface area contributed by atoms with Crippen molar-refractivity contribution in [1.29, 1.82) is 0 Å². The van der Waals surface area contributed by atoms with Crippen molar-refractivity contribution in [2.75, 3.05) is 5.88 Å². The van der Waals surface area contributed by atoms with E-state index >= 15 is 0 Å². The lowest BCUT2D eigenvalue weighted by atomic mass is 9.85. The van der Waals surface area contributed by atoms with E-state index in [4.69, 9.17) is 0 Å². The highest BCUT2D eigenvalue weighted by molar-refractivity contribution is 7.80. The molecule has 0 amide bonds. The molecule has 0 aromatic carbocycles. The van der Waals surface area contributed by atoms with Crippen LogP contribution in [0.1, 0.15) is 39.0 Å². The van der Waals surface area contributed by atoms with Crippen LogP contribution in [-0.2, 0) is 0 Å². The first-order chi connectivity index (χ1) is 7.72. The molecule has 0 radical (unpaired) electrons. The molecule has 0 aromatic rings. The average Bonchev–Trinajstić information content (AvgIpc) is 2.29. The van der Waals surface area contributed by atoms with Crippen LogP contribution in [0.2, 0.25) is 0 Å². The summed E-state index contributed by atoms with van der Waals surface area (Å²) in [5.41, 5.74) is 3.86. The molecule has 1 nitrogen and oxygen atoms in total. The Labute approximate surface area is 104 Å². The van der Waals surface area contributed by atoms with E-state index in [0.29, 0.717) is 0 Å². The van der Waals surface area contributed by atoms with Gasteiger partial charge in [0.25, 0.3) is 0 Å². The zero-order valence-electron chi connectivity index (χ0n) is 10.1. The number of nitrogens with zero attached hydrogens (tertiary/aromatic N) is 1. The SMILES string of the molecule is C=C1C=C(C)C=C(C2CCCCC2)N1CS. The van der Waals surface area contributed by atoms with Crippen LogP contribution in [0.5, 0.6) is 0 Å². The lowest BCUT2D eigenvalue weighted by molar-refractivity contribution is 0.332. The molecule has 1 fully saturated rings. The van der Waals surface area contributed by atoms with Crippen molar-refractivity contribution in [3.8, 4) is 0 Å². The number of hydrogen-bond acceptors (Lipinski definition) is 2. The normalized spacial score (nSPS) is 23.1. The standard InChI is InChI=1S/C14H21NS/c1-11-8-12(2)15(10-16)14(9-11)13-6-4-3-5-7-13/h8-9,13,16H,2-7,10H2,1H3. The number of thiol groups is 1. The fourth-order valence-electron chi connectivity index (χ4n) is 2.77. The van der Waals surface area contributed by atoms with Crippen LogP contribution in [0.25, 0.3) is 0 Å². The van der Waals surface area contributed by atoms with Gasteiger partial charge in [-0.25, -0.2) is 0 Å². The third kappa shape index (κ3) is 2.37. The Morgan fingerprint density at radius 3 is 2.62 bits per heavy atom. The van der Waals surface area contributed by atoms with E-state index in [2.05, 4.69) is 43.2 Å². The predicted octanol–water partition coefficient (Wildman–Crippen LogP) is 4.11. The minimum absolute atomic E-state index is 0.723. The van der Waals surface area contributed by atoms with Crippen LogP contribution >= 0.6 is 12.6 Å². The van der Waals surface area contributed by atoms with Gasteiger partial charge in [-0.15, -0.1) is 0 Å². The van der Waals surface area contributed by atoms with Gasteiger partial charge in [-0.05, 0) is 43.4 Å². The molecule has 88 valence electrons. The monoisotopic (exact) mass is 235 g/mol. The quantitative estimate of drug-likeness (QED) is 0.705. The molecular formula is C14H21NS. The summed E-state index contributed by atoms with van der Waals surface area (Å²) in [5.74, 6) is 1.46. The Morgan fingerprint density at radius 2 is 2.00 bits per heavy atom. The molecule has 0 bridgehead atoms. The summed E-state index contributed by atoms with van der Waals surface area (Å²) in [5, 5.41) is 0. The first kappa shape index (κ1) is 11.8. The van der Waals surface area contributed by atoms with E-state index in [-0.39, 0.29) is 0 Å². The largest absolute Gasteiger partial charge is 0.336 e. The van der Waals surface area contributed by atoms with Crippen LogP contribution in [0.15, 0.2) is 35.7 Å². The molecular weight excluding hydrogens is 214 g/mol. The Hall–Kier alpha value is -0.630. The lowest BCUT2D eigenvalue weighted by Crippen LogP contribution is -2.28. The summed E-state index contributed by atoms with van der Waals surface area (Å²) in [6.45, 7) is 6.28. The maximum absolute atomic E-state index is 4.43. The van der Waals surface area contributed by atoms with E-state index in [0.717, 1.165) is 17.5 Å². The zero-order valence-corrected chi connectivity index (χ0v) is 11.0. The van der Waals surface area contributed by atoms with Gasteiger partial charge >= 0.3 is 0 Å². The molecule has 0 atom stereocenters. The second-order valence-electron chi connectivity index (χ2n) is 4.85. The molecule has 1 saturated carbocycles. The van der Waals surface area contributed by atoms with Crippen molar-refractivity contribution in [2.24, 2.45) is 5.92 Å². The Kier molecular flexibility index (Phi) is 3.80. The molecule has 2 heteroatoms. The minimum atomic E-state index is 0.723. The molecule has 0 unspecified atom stereocenters. The third-order valence-corrected chi connectivity index (χ3v) is 3.88. The van der Waals surface area contributed by atoms with E-state index in [1.807, 2.05) is 0 Å². The van der Waals surface area contributed by atoms with E-state index < -0.39 is 0 Å². The highest BCUT2D eigenvalue weighted by atomic mass is 32.1. The van der Waals surface area contributed by atoms with Crippen molar-refractivity contribution >= 4 is 12.6 Å². The van der Waals surface area contributed by atoms with Gasteiger partial charge in [0.15, 0.2) is 0 Å². The van der Waals surface area contributed by atoms with Crippen molar-refractivity contribution in [3.05, 3.63) is 35.7 Å². The predicted molar refractivity (Wildman–Crippen MR) is 73.2 cm³/mol. The fourth-order valence-corrected chi connectivity index (χ4v) is 3.11. The summed E-state index contributed by atoms with van der Waals surface area (Å²) >= 11 is 4.43. The molecule has 0 saturated heterocycles. The summed E-state index contributed by atoms with van der Waals surface area (Å²) in [6, 6.07) is 0. The van der Waals surface area contributed by atoms with Crippen molar-refractivity contribution in [2.45, 2.75) is 39.0 Å². The van der Waals surface area contributed by atoms with Crippen LogP contribution in [0.4, 0.5) is 0 Å². The van der Waals surface area contributed by atoms with Gasteiger partial charge in [0.1, 0.15) is 0 Å². The molecule has 1 aliphatic carbocycles. The van der Waals surface area contributed by atoms with Gasteiger partial charge in [-0.3, -0.25) is 0 Å². The van der Waals surface area contributed by atoms with E-state index in [1.54, 1.807) is 0 Å². The Morgan fingerprint density at radius 1 is 1.31 bits per heavy atom. The van der Waals surface area contributed by atoms with Crippen LogP contribution in [-0.4, -0.2) is 10.8 Å². The number of hydrogen-bond donors (Lipinski definition) is 1. The Balaban J connectivity index is 2.21. The third-order valence-electron chi connectivity index (χ3n) is 3.59. The van der Waals surface area contributed by atoms with Gasteiger partial charge in [0, 0.05) is 11.4 Å². The number of allylic oxidation sites excluding steroid dienone is 4. The van der Waals surface area contributed by atoms with Crippen molar-refractivity contribution < 1.29 is 0 Å². The second-order valence-corrected chi connectivity index (χ2v) is 5.14. The first-order valence-corrected chi connectivity index (χ1v) is 6.83. The zero-order chi connectivity index (χ0) is 11.5. The smallest absolute Gasteiger partial charge is 0.0655 e. The molecule has 1 aliphatic heterocycles. The molecule has 0 spiro atoms. The molecule has 1 heterocycles. The molecule has 0 aromatic heterocycles. The molecule has 0 N–H and O–H groups in total. The summed E-state index contributed by atoms with van der Waals surface area (Å²) in [4.78, 5) is 2.26. The topological polar surface area (TPSA) is 3.24 Å². The van der Waals surface area contributed by atoms with E-state index in [9.17, 15) is 0 Å². The van der Waals surface area contributed by atoms with Gasteiger partial charge in [-0.1, -0.05) is 25.8 Å². The van der Waals surface area contributed by atoms with E-state index in [1.165, 1.54) is 43.4 Å². The average molecular weight is 235 g/mol. The first-order valence-electron chi connectivity index (χ1n) is 6.19. The molecule has 2 aliphatic rings. The van der Waals surface area contributed by atoms with Gasteiger partial charge in [0.2, 0.25) is 0 Å². The van der Waals surface area contributed by atoms with Gasteiger partial charge in [-0.2, -0.15) is 12.6 Å². The minimum Gasteiger partial charge on any atom is -0.336 e. The highest BCUT2D eigenvalue weighted by Gasteiger charge is 2.24. The molecule has 16 heavy (non-hydrogen) atoms. The van der Waals surface area contributed by atoms with Crippen LogP contribution in [0, 0.1) is 5.92 Å². The Bertz CT molecular complexity index is 335. The lowest BCUT2D eigenvalue weighted by Gasteiger charge is -2.36. The van der Waals surface area contributed by atoms with Gasteiger partial charge < -0.3 is 4.90 Å². The summed E-state index contributed by atoms with van der Waals surface area (Å²) in [7, 11) is 0. The summed E-state index contributed by atoms with van der Waals surface area (Å²) in [6.07, 6.45) is 11.3. The van der Waals surface area contributed by atoms with Crippen LogP contribution in [0.3, 0.4) is 0 Å². The maximum Gasteiger partial charge on any atom is 0.0655 e. The fraction of sp³-hybridized carbons (Fsp3) is 0.571. The second kappa shape index (κ2) is 5.13. The van der Waals surface area contributed by atoms with Gasteiger partial charge in [0.05, 0.1) is 5.88 Å². The van der Waals surface area contributed by atoms with Crippen LogP contribution < -0.4 is 0 Å².